The molecule has 0 unspecified atom stereocenters. The number of esters is 2. The van der Waals surface area contributed by atoms with Gasteiger partial charge in [-0.05, 0) is 13.3 Å². The lowest BCUT2D eigenvalue weighted by Crippen LogP contribution is -2.12. The molecule has 0 aliphatic rings. The zero-order chi connectivity index (χ0) is 21.6. The highest BCUT2D eigenvalue weighted by Gasteiger charge is 2.10. The third kappa shape index (κ3) is 21.4. The maximum absolute atomic E-state index is 11.5. The second-order valence-corrected chi connectivity index (χ2v) is 8.66. The van der Waals surface area contributed by atoms with Crippen molar-refractivity contribution in [2.75, 3.05) is 0 Å². The van der Waals surface area contributed by atoms with Crippen LogP contribution in [0.5, 0.6) is 0 Å². The third-order valence-electron chi connectivity index (χ3n) is 5.54. The van der Waals surface area contributed by atoms with Crippen LogP contribution in [0.4, 0.5) is 0 Å². The molecular weight excluding hydrogens is 360 g/mol. The van der Waals surface area contributed by atoms with Crippen LogP contribution in [0.25, 0.3) is 0 Å². The normalized spacial score (nSPS) is 10.8. The van der Waals surface area contributed by atoms with Crippen LogP contribution in [0, 0.1) is 0 Å². The number of carbonyl (C=O) groups excluding carboxylic acids is 2. The van der Waals surface area contributed by atoms with Gasteiger partial charge in [0.1, 0.15) is 0 Å². The first-order valence-electron chi connectivity index (χ1n) is 12.5. The molecule has 29 heavy (non-hydrogen) atoms. The Morgan fingerprint density at radius 1 is 0.586 bits per heavy atom. The maximum Gasteiger partial charge on any atom is 0.340 e. The second kappa shape index (κ2) is 21.6. The van der Waals surface area contributed by atoms with E-state index in [1.54, 1.807) is 6.92 Å². The Morgan fingerprint density at radius 3 is 1.21 bits per heavy atom. The van der Waals surface area contributed by atoms with Crippen LogP contribution >= 0.6 is 0 Å². The topological polar surface area (TPSA) is 43.4 Å². The van der Waals surface area contributed by atoms with Gasteiger partial charge in [-0.2, -0.15) is 0 Å². The van der Waals surface area contributed by atoms with Crippen LogP contribution in [0.15, 0.2) is 12.2 Å². The molecule has 0 saturated heterocycles. The Labute approximate surface area is 181 Å². The van der Waals surface area contributed by atoms with Gasteiger partial charge in [-0.1, -0.05) is 129 Å². The van der Waals surface area contributed by atoms with E-state index in [1.807, 2.05) is 0 Å². The van der Waals surface area contributed by atoms with E-state index in [2.05, 4.69) is 18.2 Å². The van der Waals surface area contributed by atoms with E-state index >= 15 is 0 Å². The van der Waals surface area contributed by atoms with Gasteiger partial charge >= 0.3 is 11.9 Å². The smallest absolute Gasteiger partial charge is 0.340 e. The summed E-state index contributed by atoms with van der Waals surface area (Å²) < 4.78 is 4.67. The molecular formula is C26H48O3. The summed E-state index contributed by atoms with van der Waals surface area (Å²) in [5.41, 5.74) is 0.270. The van der Waals surface area contributed by atoms with E-state index in [0.29, 0.717) is 6.42 Å². The molecule has 3 heteroatoms. The highest BCUT2D eigenvalue weighted by molar-refractivity contribution is 5.95. The van der Waals surface area contributed by atoms with Crippen molar-refractivity contribution < 1.29 is 14.3 Å². The van der Waals surface area contributed by atoms with Gasteiger partial charge in [0.2, 0.25) is 0 Å². The average Bonchev–Trinajstić information content (AvgIpc) is 2.69. The number of hydrogen-bond acceptors (Lipinski definition) is 3. The molecule has 0 rings (SSSR count). The average molecular weight is 409 g/mol. The van der Waals surface area contributed by atoms with E-state index < -0.39 is 11.9 Å². The van der Waals surface area contributed by atoms with Crippen molar-refractivity contribution in [1.82, 2.24) is 0 Å². The molecule has 0 aliphatic heterocycles. The van der Waals surface area contributed by atoms with Crippen molar-refractivity contribution in [3.05, 3.63) is 12.2 Å². The Kier molecular flexibility index (Phi) is 20.8. The molecule has 0 N–H and O–H groups in total. The van der Waals surface area contributed by atoms with Crippen molar-refractivity contribution in [3.63, 3.8) is 0 Å². The van der Waals surface area contributed by atoms with Gasteiger partial charge in [0, 0.05) is 12.0 Å². The molecule has 0 atom stereocenters. The van der Waals surface area contributed by atoms with Crippen LogP contribution in [0.3, 0.4) is 0 Å². The Bertz CT molecular complexity index is 414. The van der Waals surface area contributed by atoms with Gasteiger partial charge in [-0.25, -0.2) is 4.79 Å². The molecule has 0 bridgehead atoms. The lowest BCUT2D eigenvalue weighted by molar-refractivity contribution is -0.156. The van der Waals surface area contributed by atoms with Gasteiger partial charge in [0.05, 0.1) is 0 Å². The van der Waals surface area contributed by atoms with Gasteiger partial charge in [0.15, 0.2) is 0 Å². The van der Waals surface area contributed by atoms with Crippen molar-refractivity contribution in [3.8, 4) is 0 Å². The fourth-order valence-electron chi connectivity index (χ4n) is 3.59. The van der Waals surface area contributed by atoms with Gasteiger partial charge in [0.25, 0.3) is 0 Å². The lowest BCUT2D eigenvalue weighted by Gasteiger charge is -2.04. The Morgan fingerprint density at radius 2 is 0.897 bits per heavy atom. The summed E-state index contributed by atoms with van der Waals surface area (Å²) in [5.74, 6) is -1.03. The highest BCUT2D eigenvalue weighted by atomic mass is 16.6. The summed E-state index contributed by atoms with van der Waals surface area (Å²) in [5, 5.41) is 0. The molecule has 0 heterocycles. The van der Waals surface area contributed by atoms with Crippen LogP contribution in [0.1, 0.15) is 142 Å². The first kappa shape index (κ1) is 27.9. The molecule has 0 aromatic rings. The predicted molar refractivity (Wildman–Crippen MR) is 124 cm³/mol. The molecule has 0 aliphatic carbocycles. The summed E-state index contributed by atoms with van der Waals surface area (Å²) >= 11 is 0. The highest BCUT2D eigenvalue weighted by Crippen LogP contribution is 2.15. The van der Waals surface area contributed by atoms with Gasteiger partial charge in [-0.15, -0.1) is 0 Å². The standard InChI is InChI=1S/C26H48O3/c1-4-5-6-7-8-9-10-11-12-13-14-15-16-17-18-19-20-21-22-23-25(27)29-26(28)24(2)3/h2,4-23H2,1,3H3. The fourth-order valence-corrected chi connectivity index (χ4v) is 3.59. The zero-order valence-electron chi connectivity index (χ0n) is 19.6. The SMILES string of the molecule is C=C(C)C(=O)OC(=O)CCCCCCCCCCCCCCCCCCCCC. The zero-order valence-corrected chi connectivity index (χ0v) is 19.6. The minimum Gasteiger partial charge on any atom is -0.390 e. The number of carbonyl (C=O) groups is 2. The van der Waals surface area contributed by atoms with E-state index in [0.717, 1.165) is 12.8 Å². The molecule has 0 saturated carbocycles. The Hall–Kier alpha value is -1.12. The molecule has 0 aromatic carbocycles. The Balaban J connectivity index is 3.16. The largest absolute Gasteiger partial charge is 0.390 e. The molecule has 0 aromatic heterocycles. The minimum absolute atomic E-state index is 0.270. The molecule has 0 spiro atoms. The summed E-state index contributed by atoms with van der Waals surface area (Å²) in [6.45, 7) is 7.30. The van der Waals surface area contributed by atoms with E-state index in [-0.39, 0.29) is 5.57 Å². The second-order valence-electron chi connectivity index (χ2n) is 8.66. The maximum atomic E-state index is 11.5. The quantitative estimate of drug-likeness (QED) is 0.0828. The van der Waals surface area contributed by atoms with E-state index in [9.17, 15) is 9.59 Å². The summed E-state index contributed by atoms with van der Waals surface area (Å²) in [4.78, 5) is 22.7. The van der Waals surface area contributed by atoms with Crippen molar-refractivity contribution in [1.29, 1.82) is 0 Å². The predicted octanol–water partition coefficient (Wildman–Crippen LogP) is 8.45. The van der Waals surface area contributed by atoms with Crippen molar-refractivity contribution in [2.24, 2.45) is 0 Å². The fraction of sp³-hybridized carbons (Fsp3) is 0.846. The van der Waals surface area contributed by atoms with Crippen molar-refractivity contribution >= 4 is 11.9 Å². The lowest BCUT2D eigenvalue weighted by atomic mass is 10.0. The number of rotatable bonds is 21. The number of unbranched alkanes of at least 4 members (excludes halogenated alkanes) is 18. The molecule has 0 amide bonds. The van der Waals surface area contributed by atoms with Crippen LogP contribution in [-0.2, 0) is 14.3 Å². The minimum atomic E-state index is -0.604. The molecule has 3 nitrogen and oxygen atoms in total. The van der Waals surface area contributed by atoms with Crippen molar-refractivity contribution in [2.45, 2.75) is 142 Å². The van der Waals surface area contributed by atoms with Crippen LogP contribution in [-0.4, -0.2) is 11.9 Å². The molecule has 0 fully saturated rings. The first-order chi connectivity index (χ1) is 14.1. The third-order valence-corrected chi connectivity index (χ3v) is 5.54. The van der Waals surface area contributed by atoms with E-state index in [1.165, 1.54) is 109 Å². The summed E-state index contributed by atoms with van der Waals surface area (Å²) in [6, 6.07) is 0. The van der Waals surface area contributed by atoms with Crippen LogP contribution < -0.4 is 0 Å². The number of hydrogen-bond donors (Lipinski definition) is 0. The summed E-state index contributed by atoms with van der Waals surface area (Å²) in [7, 11) is 0. The first-order valence-corrected chi connectivity index (χ1v) is 12.5. The van der Waals surface area contributed by atoms with Gasteiger partial charge < -0.3 is 4.74 Å². The van der Waals surface area contributed by atoms with Crippen LogP contribution in [0.2, 0.25) is 0 Å². The summed E-state index contributed by atoms with van der Waals surface area (Å²) in [6.07, 6.45) is 25.6. The monoisotopic (exact) mass is 408 g/mol. The number of ether oxygens (including phenoxy) is 1. The molecule has 170 valence electrons. The van der Waals surface area contributed by atoms with E-state index in [4.69, 9.17) is 0 Å². The molecule has 0 radical (unpaired) electrons. The van der Waals surface area contributed by atoms with Gasteiger partial charge in [-0.3, -0.25) is 4.79 Å².